The highest BCUT2D eigenvalue weighted by atomic mass is 32.2. The Bertz CT molecular complexity index is 1200. The summed E-state index contributed by atoms with van der Waals surface area (Å²) in [6.45, 7) is 0.405. The fourth-order valence-corrected chi connectivity index (χ4v) is 3.41. The largest absolute Gasteiger partial charge is 0.364 e. The number of nitrogens with zero attached hydrogens (tertiary/aromatic N) is 3. The molecule has 0 radical (unpaired) electrons. The maximum Gasteiger partial charge on any atom is 0.238 e. The Balaban J connectivity index is 1.62. The summed E-state index contributed by atoms with van der Waals surface area (Å²) < 4.78 is 24.8. The Hall–Kier alpha value is -3.23. The third-order valence-electron chi connectivity index (χ3n) is 4.15. The van der Waals surface area contributed by atoms with E-state index < -0.39 is 10.0 Å². The molecule has 0 aliphatic carbocycles. The summed E-state index contributed by atoms with van der Waals surface area (Å²) in [4.78, 5) is 4.47. The second-order valence-corrected chi connectivity index (χ2v) is 7.61. The van der Waals surface area contributed by atoms with E-state index in [0.29, 0.717) is 12.4 Å². The fraction of sp³-hybridized carbons (Fsp3) is 0.0526. The maximum atomic E-state index is 11.5. The van der Waals surface area contributed by atoms with Gasteiger partial charge in [0.05, 0.1) is 10.6 Å². The van der Waals surface area contributed by atoms with Crippen molar-refractivity contribution in [3.05, 3.63) is 78.6 Å². The third-order valence-corrected chi connectivity index (χ3v) is 5.06. The molecule has 27 heavy (non-hydrogen) atoms. The molecule has 0 saturated heterocycles. The minimum atomic E-state index is -3.73. The monoisotopic (exact) mass is 379 g/mol. The van der Waals surface area contributed by atoms with Crippen LogP contribution in [0.3, 0.4) is 0 Å². The van der Waals surface area contributed by atoms with Crippen LogP contribution < -0.4 is 10.5 Å². The van der Waals surface area contributed by atoms with Crippen molar-refractivity contribution in [2.24, 2.45) is 5.14 Å². The van der Waals surface area contributed by atoms with Crippen LogP contribution >= 0.6 is 0 Å². The van der Waals surface area contributed by atoms with E-state index in [1.807, 2.05) is 42.5 Å². The molecule has 0 bridgehead atoms. The summed E-state index contributed by atoms with van der Waals surface area (Å²) in [6.07, 6.45) is 3.45. The second kappa shape index (κ2) is 6.82. The molecule has 0 saturated carbocycles. The lowest BCUT2D eigenvalue weighted by atomic mass is 10.1. The minimum absolute atomic E-state index is 0.0867. The number of benzene rings is 2. The number of sulfonamides is 1. The van der Waals surface area contributed by atoms with E-state index in [4.69, 9.17) is 5.14 Å². The molecule has 0 amide bonds. The minimum Gasteiger partial charge on any atom is -0.364 e. The van der Waals surface area contributed by atoms with Gasteiger partial charge in [0.15, 0.2) is 5.82 Å². The standard InChI is InChI=1S/C19H17N5O2S/c20-27(25,26)16-8-4-5-14(11-16)13-22-19-18-12-17(15-6-2-1-3-7-15)23-24(18)10-9-21-19/h1-12H,13H2,(H,21,22)(H2,20,25,26). The zero-order valence-corrected chi connectivity index (χ0v) is 15.1. The van der Waals surface area contributed by atoms with E-state index in [0.717, 1.165) is 22.3 Å². The number of hydrogen-bond donors (Lipinski definition) is 2. The molecule has 4 aromatic rings. The number of rotatable bonds is 5. The van der Waals surface area contributed by atoms with Gasteiger partial charge in [0.2, 0.25) is 10.0 Å². The number of nitrogens with two attached hydrogens (primary N) is 1. The zero-order valence-electron chi connectivity index (χ0n) is 14.3. The van der Waals surface area contributed by atoms with Gasteiger partial charge >= 0.3 is 0 Å². The molecule has 3 N–H and O–H groups in total. The number of hydrogen-bond acceptors (Lipinski definition) is 5. The van der Waals surface area contributed by atoms with Gasteiger partial charge in [-0.1, -0.05) is 42.5 Å². The van der Waals surface area contributed by atoms with Crippen molar-refractivity contribution < 1.29 is 8.42 Å². The Morgan fingerprint density at radius 2 is 1.85 bits per heavy atom. The molecule has 2 heterocycles. The van der Waals surface area contributed by atoms with Crippen molar-refractivity contribution in [2.45, 2.75) is 11.4 Å². The first-order chi connectivity index (χ1) is 13.0. The number of aromatic nitrogens is 3. The van der Waals surface area contributed by atoms with Gasteiger partial charge in [0.25, 0.3) is 0 Å². The van der Waals surface area contributed by atoms with Crippen LogP contribution in [0.1, 0.15) is 5.56 Å². The van der Waals surface area contributed by atoms with Gasteiger partial charge in [-0.05, 0) is 23.8 Å². The van der Waals surface area contributed by atoms with E-state index in [2.05, 4.69) is 15.4 Å². The smallest absolute Gasteiger partial charge is 0.238 e. The predicted molar refractivity (Wildman–Crippen MR) is 104 cm³/mol. The quantitative estimate of drug-likeness (QED) is 0.555. The number of anilines is 1. The summed E-state index contributed by atoms with van der Waals surface area (Å²) >= 11 is 0. The molecular formula is C19H17N5O2S. The Kier molecular flexibility index (Phi) is 4.35. The van der Waals surface area contributed by atoms with Crippen LogP contribution in [0.15, 0.2) is 78.0 Å². The van der Waals surface area contributed by atoms with Crippen LogP contribution in [-0.2, 0) is 16.6 Å². The Morgan fingerprint density at radius 1 is 1.04 bits per heavy atom. The molecule has 0 aliphatic rings. The molecule has 0 spiro atoms. The number of nitrogens with one attached hydrogen (secondary N) is 1. The Labute approximate surface area is 156 Å². The lowest BCUT2D eigenvalue weighted by Crippen LogP contribution is -2.12. The summed E-state index contributed by atoms with van der Waals surface area (Å²) in [5.41, 5.74) is 3.49. The van der Waals surface area contributed by atoms with Gasteiger partial charge in [-0.15, -0.1) is 0 Å². The van der Waals surface area contributed by atoms with Crippen LogP contribution in [0.2, 0.25) is 0 Å². The van der Waals surface area contributed by atoms with Gasteiger partial charge < -0.3 is 5.32 Å². The van der Waals surface area contributed by atoms with Gasteiger partial charge in [-0.25, -0.2) is 23.1 Å². The first-order valence-corrected chi connectivity index (χ1v) is 9.81. The molecule has 4 rings (SSSR count). The number of primary sulfonamides is 1. The SMILES string of the molecule is NS(=O)(=O)c1cccc(CNc2nccn3nc(-c4ccccc4)cc23)c1. The van der Waals surface area contributed by atoms with Crippen LogP contribution in [0.4, 0.5) is 5.82 Å². The fourth-order valence-electron chi connectivity index (χ4n) is 2.83. The molecule has 0 atom stereocenters. The highest BCUT2D eigenvalue weighted by Gasteiger charge is 2.10. The topological polar surface area (TPSA) is 102 Å². The molecule has 8 heteroatoms. The van der Waals surface area contributed by atoms with Gasteiger partial charge in [-0.2, -0.15) is 5.10 Å². The summed E-state index contributed by atoms with van der Waals surface area (Å²) in [5, 5.41) is 13.0. The van der Waals surface area contributed by atoms with E-state index in [1.165, 1.54) is 6.07 Å². The van der Waals surface area contributed by atoms with Crippen molar-refractivity contribution in [3.8, 4) is 11.3 Å². The first-order valence-electron chi connectivity index (χ1n) is 8.26. The highest BCUT2D eigenvalue weighted by molar-refractivity contribution is 7.89. The predicted octanol–water partition coefficient (Wildman–Crippen LogP) is 2.66. The van der Waals surface area contributed by atoms with Gasteiger partial charge in [-0.3, -0.25) is 0 Å². The molecular weight excluding hydrogens is 362 g/mol. The van der Waals surface area contributed by atoms with Gasteiger partial charge in [0.1, 0.15) is 5.52 Å². The lowest BCUT2D eigenvalue weighted by molar-refractivity contribution is 0.597. The summed E-state index contributed by atoms with van der Waals surface area (Å²) in [6, 6.07) is 18.4. The molecule has 0 unspecified atom stereocenters. The third kappa shape index (κ3) is 3.67. The zero-order chi connectivity index (χ0) is 18.9. The van der Waals surface area contributed by atoms with E-state index in [9.17, 15) is 8.42 Å². The summed E-state index contributed by atoms with van der Waals surface area (Å²) in [7, 11) is -3.73. The van der Waals surface area contributed by atoms with E-state index >= 15 is 0 Å². The van der Waals surface area contributed by atoms with Crippen molar-refractivity contribution in [3.63, 3.8) is 0 Å². The number of fused-ring (bicyclic) bond motifs is 1. The average Bonchev–Trinajstić information content (AvgIpc) is 3.11. The molecule has 0 aliphatic heterocycles. The highest BCUT2D eigenvalue weighted by Crippen LogP contribution is 2.23. The van der Waals surface area contributed by atoms with Crippen LogP contribution in [0.5, 0.6) is 0 Å². The normalized spacial score (nSPS) is 11.6. The lowest BCUT2D eigenvalue weighted by Gasteiger charge is -2.08. The van der Waals surface area contributed by atoms with Crippen molar-refractivity contribution in [1.82, 2.24) is 14.6 Å². The average molecular weight is 379 g/mol. The maximum absolute atomic E-state index is 11.5. The van der Waals surface area contributed by atoms with Crippen LogP contribution in [0.25, 0.3) is 16.8 Å². The van der Waals surface area contributed by atoms with Crippen molar-refractivity contribution in [1.29, 1.82) is 0 Å². The molecule has 7 nitrogen and oxygen atoms in total. The Morgan fingerprint density at radius 3 is 2.63 bits per heavy atom. The first kappa shape index (κ1) is 17.2. The van der Waals surface area contributed by atoms with Gasteiger partial charge in [0, 0.05) is 24.5 Å². The molecule has 0 fully saturated rings. The van der Waals surface area contributed by atoms with Crippen molar-refractivity contribution in [2.75, 3.05) is 5.32 Å². The van der Waals surface area contributed by atoms with Crippen molar-refractivity contribution >= 4 is 21.4 Å². The van der Waals surface area contributed by atoms with E-state index in [1.54, 1.807) is 29.0 Å². The van der Waals surface area contributed by atoms with E-state index in [-0.39, 0.29) is 4.90 Å². The second-order valence-electron chi connectivity index (χ2n) is 6.05. The van der Waals surface area contributed by atoms with Crippen LogP contribution in [-0.4, -0.2) is 23.0 Å². The molecule has 136 valence electrons. The molecule has 2 aromatic heterocycles. The van der Waals surface area contributed by atoms with Crippen LogP contribution in [0, 0.1) is 0 Å². The molecule has 2 aromatic carbocycles. The summed E-state index contributed by atoms with van der Waals surface area (Å²) in [5.74, 6) is 0.660.